The van der Waals surface area contributed by atoms with E-state index in [4.69, 9.17) is 0 Å². The number of anilines is 1. The van der Waals surface area contributed by atoms with Gasteiger partial charge in [0.15, 0.2) is 0 Å². The second-order valence-corrected chi connectivity index (χ2v) is 8.27. The lowest BCUT2D eigenvalue weighted by Gasteiger charge is -2.14. The third kappa shape index (κ3) is 3.59. The van der Waals surface area contributed by atoms with Gasteiger partial charge in [0.05, 0.1) is 11.2 Å². The van der Waals surface area contributed by atoms with Crippen molar-refractivity contribution in [3.05, 3.63) is 91.4 Å². The highest BCUT2D eigenvalue weighted by molar-refractivity contribution is 7.17. The number of hydrogen-bond acceptors (Lipinski definition) is 4. The van der Waals surface area contributed by atoms with Gasteiger partial charge in [-0.2, -0.15) is 0 Å². The molecule has 1 N–H and O–H groups in total. The summed E-state index contributed by atoms with van der Waals surface area (Å²) in [6.45, 7) is 5.51. The third-order valence-electron chi connectivity index (χ3n) is 4.96. The second-order valence-electron chi connectivity index (χ2n) is 7.35. The van der Waals surface area contributed by atoms with Gasteiger partial charge in [0.1, 0.15) is 11.2 Å². The summed E-state index contributed by atoms with van der Waals surface area (Å²) in [6, 6.07) is 14.8. The molecule has 0 radical (unpaired) electrons. The molecule has 2 aromatic heterocycles. The van der Waals surface area contributed by atoms with Crippen molar-refractivity contribution < 1.29 is 4.79 Å². The molecule has 0 aliphatic rings. The van der Waals surface area contributed by atoms with Crippen molar-refractivity contribution in [2.75, 3.05) is 5.32 Å². The van der Waals surface area contributed by atoms with Gasteiger partial charge in [0.2, 0.25) is 5.91 Å². The average Bonchev–Trinajstić information content (AvgIpc) is 3.18. The van der Waals surface area contributed by atoms with Gasteiger partial charge in [0.25, 0.3) is 5.56 Å². The molecule has 0 spiro atoms. The molecule has 152 valence electrons. The van der Waals surface area contributed by atoms with Gasteiger partial charge >= 0.3 is 5.69 Å². The number of nitrogens with zero attached hydrogens (tertiary/aromatic N) is 2. The van der Waals surface area contributed by atoms with E-state index in [1.807, 2.05) is 57.2 Å². The first-order valence-corrected chi connectivity index (χ1v) is 10.4. The Bertz CT molecular complexity index is 1400. The number of thiophene rings is 1. The predicted molar refractivity (Wildman–Crippen MR) is 121 cm³/mol. The van der Waals surface area contributed by atoms with Crippen LogP contribution in [-0.4, -0.2) is 15.0 Å². The van der Waals surface area contributed by atoms with Crippen LogP contribution in [0.3, 0.4) is 0 Å². The van der Waals surface area contributed by atoms with E-state index in [2.05, 4.69) is 5.32 Å². The molecule has 6 nitrogen and oxygen atoms in total. The number of nitrogens with one attached hydrogen (secondary N) is 1. The minimum atomic E-state index is -0.529. The summed E-state index contributed by atoms with van der Waals surface area (Å²) in [5.41, 5.74) is 3.55. The Labute approximate surface area is 177 Å². The summed E-state index contributed by atoms with van der Waals surface area (Å²) in [6.07, 6.45) is 0. The molecule has 2 heterocycles. The first-order valence-electron chi connectivity index (χ1n) is 9.52. The zero-order valence-electron chi connectivity index (χ0n) is 16.9. The number of aromatic nitrogens is 2. The molecule has 0 saturated carbocycles. The Morgan fingerprint density at radius 1 is 1.00 bits per heavy atom. The quantitative estimate of drug-likeness (QED) is 0.547. The lowest BCUT2D eigenvalue weighted by atomic mass is 10.1. The molecule has 0 aliphatic carbocycles. The van der Waals surface area contributed by atoms with E-state index in [1.165, 1.54) is 20.5 Å². The van der Waals surface area contributed by atoms with Crippen molar-refractivity contribution in [2.24, 2.45) is 0 Å². The molecule has 30 heavy (non-hydrogen) atoms. The van der Waals surface area contributed by atoms with Crippen LogP contribution < -0.4 is 16.6 Å². The van der Waals surface area contributed by atoms with Crippen molar-refractivity contribution in [1.82, 2.24) is 9.13 Å². The summed E-state index contributed by atoms with van der Waals surface area (Å²) in [5.74, 6) is -0.332. The fourth-order valence-corrected chi connectivity index (χ4v) is 4.30. The van der Waals surface area contributed by atoms with Crippen molar-refractivity contribution >= 4 is 33.1 Å². The van der Waals surface area contributed by atoms with Crippen molar-refractivity contribution in [1.29, 1.82) is 0 Å². The van der Waals surface area contributed by atoms with E-state index in [-0.39, 0.29) is 18.0 Å². The van der Waals surface area contributed by atoms with E-state index < -0.39 is 5.69 Å². The van der Waals surface area contributed by atoms with Crippen molar-refractivity contribution in [2.45, 2.75) is 27.3 Å². The lowest BCUT2D eigenvalue weighted by molar-refractivity contribution is -0.116. The average molecular weight is 420 g/mol. The van der Waals surface area contributed by atoms with E-state index in [0.717, 1.165) is 16.7 Å². The molecular formula is C23H21N3O3S. The van der Waals surface area contributed by atoms with Crippen LogP contribution in [0.1, 0.15) is 16.7 Å². The van der Waals surface area contributed by atoms with Gasteiger partial charge in [-0.25, -0.2) is 9.36 Å². The first-order chi connectivity index (χ1) is 14.3. The number of hydrogen-bond donors (Lipinski definition) is 1. The van der Waals surface area contributed by atoms with Gasteiger partial charge in [-0.1, -0.05) is 24.3 Å². The van der Waals surface area contributed by atoms with Gasteiger partial charge in [-0.3, -0.25) is 14.2 Å². The van der Waals surface area contributed by atoms with Crippen LogP contribution >= 0.6 is 11.3 Å². The third-order valence-corrected chi connectivity index (χ3v) is 5.86. The highest BCUT2D eigenvalue weighted by atomic mass is 32.1. The standard InChI is InChI=1S/C23H21N3O3S/c1-14-5-4-6-17(11-14)24-20(27)13-25-18-9-10-30-21(18)22(28)26(23(25)29)19-12-15(2)7-8-16(19)3/h4-12H,13H2,1-3H3,(H,24,27). The predicted octanol–water partition coefficient (Wildman–Crippen LogP) is 3.78. The molecule has 0 unspecified atom stereocenters. The highest BCUT2D eigenvalue weighted by Gasteiger charge is 2.18. The van der Waals surface area contributed by atoms with Gasteiger partial charge in [-0.15, -0.1) is 11.3 Å². The normalized spacial score (nSPS) is 11.0. The highest BCUT2D eigenvalue weighted by Crippen LogP contribution is 2.19. The number of benzene rings is 2. The number of aryl methyl sites for hydroxylation is 3. The number of carbonyl (C=O) groups excluding carboxylic acids is 1. The van der Waals surface area contributed by atoms with E-state index in [1.54, 1.807) is 17.5 Å². The molecule has 0 saturated heterocycles. The molecule has 0 fully saturated rings. The van der Waals surface area contributed by atoms with Gasteiger partial charge in [0, 0.05) is 5.69 Å². The molecule has 2 aromatic carbocycles. The van der Waals surface area contributed by atoms with Crippen molar-refractivity contribution in [3.8, 4) is 5.69 Å². The molecule has 1 amide bonds. The molecule has 0 bridgehead atoms. The van der Waals surface area contributed by atoms with Crippen LogP contribution in [0.2, 0.25) is 0 Å². The lowest BCUT2D eigenvalue weighted by Crippen LogP contribution is -2.40. The smallest absolute Gasteiger partial charge is 0.325 e. The van der Waals surface area contributed by atoms with Crippen LogP contribution in [0, 0.1) is 20.8 Å². The largest absolute Gasteiger partial charge is 0.336 e. The minimum Gasteiger partial charge on any atom is -0.325 e. The summed E-state index contributed by atoms with van der Waals surface area (Å²) in [5, 5.41) is 4.58. The molecule has 0 atom stereocenters. The van der Waals surface area contributed by atoms with Crippen LogP contribution in [0.15, 0.2) is 63.5 Å². The minimum absolute atomic E-state index is 0.189. The van der Waals surface area contributed by atoms with Crippen LogP contribution in [0.25, 0.3) is 15.9 Å². The fourth-order valence-electron chi connectivity index (χ4n) is 3.48. The van der Waals surface area contributed by atoms with Crippen LogP contribution in [0.5, 0.6) is 0 Å². The Kier molecular flexibility index (Phi) is 5.13. The number of carbonyl (C=O) groups is 1. The Morgan fingerprint density at radius 2 is 1.77 bits per heavy atom. The Hall–Kier alpha value is -3.45. The number of rotatable bonds is 4. The molecular weight excluding hydrogens is 398 g/mol. The molecule has 0 aliphatic heterocycles. The summed E-state index contributed by atoms with van der Waals surface area (Å²) in [4.78, 5) is 39.2. The van der Waals surface area contributed by atoms with Crippen molar-refractivity contribution in [3.63, 3.8) is 0 Å². The number of fused-ring (bicyclic) bond motifs is 1. The fraction of sp³-hybridized carbons (Fsp3) is 0.174. The maximum atomic E-state index is 13.4. The SMILES string of the molecule is Cc1cccc(NC(=O)Cn2c(=O)n(-c3cc(C)ccc3C)c(=O)c3sccc32)c1. The molecule has 4 aromatic rings. The summed E-state index contributed by atoms with van der Waals surface area (Å²) in [7, 11) is 0. The first kappa shape index (κ1) is 19.8. The van der Waals surface area contributed by atoms with Gasteiger partial charge in [-0.05, 0) is 67.1 Å². The zero-order valence-corrected chi connectivity index (χ0v) is 17.7. The maximum absolute atomic E-state index is 13.4. The van der Waals surface area contributed by atoms with Crippen LogP contribution in [0.4, 0.5) is 5.69 Å². The Balaban J connectivity index is 1.83. The van der Waals surface area contributed by atoms with E-state index >= 15 is 0 Å². The monoisotopic (exact) mass is 419 g/mol. The number of amides is 1. The summed E-state index contributed by atoms with van der Waals surface area (Å²) >= 11 is 1.26. The maximum Gasteiger partial charge on any atom is 0.336 e. The Morgan fingerprint density at radius 3 is 2.53 bits per heavy atom. The molecule has 7 heteroatoms. The van der Waals surface area contributed by atoms with Crippen LogP contribution in [-0.2, 0) is 11.3 Å². The zero-order chi connectivity index (χ0) is 21.4. The topological polar surface area (TPSA) is 73.1 Å². The van der Waals surface area contributed by atoms with E-state index in [0.29, 0.717) is 21.6 Å². The van der Waals surface area contributed by atoms with E-state index in [9.17, 15) is 14.4 Å². The second kappa shape index (κ2) is 7.76. The summed E-state index contributed by atoms with van der Waals surface area (Å²) < 4.78 is 2.97. The van der Waals surface area contributed by atoms with Gasteiger partial charge < -0.3 is 5.32 Å². The molecule has 4 rings (SSSR count).